The van der Waals surface area contributed by atoms with Crippen LogP contribution in [0.4, 0.5) is 4.39 Å². The number of fused-ring (bicyclic) bond motifs is 1. The van der Waals surface area contributed by atoms with Crippen LogP contribution in [0.2, 0.25) is 0 Å². The van der Waals surface area contributed by atoms with E-state index in [9.17, 15) is 18.8 Å². The van der Waals surface area contributed by atoms with Gasteiger partial charge in [-0.1, -0.05) is 30.3 Å². The Morgan fingerprint density at radius 1 is 1.04 bits per heavy atom. The van der Waals surface area contributed by atoms with E-state index in [4.69, 9.17) is 4.74 Å². The average molecular weight is 384 g/mol. The molecular weight excluding hydrogens is 367 g/mol. The lowest BCUT2D eigenvalue weighted by molar-refractivity contribution is -0.129. The Bertz CT molecular complexity index is 1100. The zero-order valence-electron chi connectivity index (χ0n) is 14.9. The van der Waals surface area contributed by atoms with Crippen molar-refractivity contribution < 1.29 is 18.7 Å². The Kier molecular flexibility index (Phi) is 5.64. The molecule has 9 heteroatoms. The molecule has 144 valence electrons. The second kappa shape index (κ2) is 8.30. The molecule has 2 aromatic carbocycles. The van der Waals surface area contributed by atoms with Crippen LogP contribution in [-0.2, 0) is 23.1 Å². The van der Waals surface area contributed by atoms with Gasteiger partial charge in [0, 0.05) is 12.4 Å². The number of hydrogen-bond acceptors (Lipinski definition) is 5. The maximum absolute atomic E-state index is 13.4. The number of aromatic nitrogens is 2. The van der Waals surface area contributed by atoms with Crippen LogP contribution >= 0.6 is 0 Å². The van der Waals surface area contributed by atoms with E-state index in [0.717, 1.165) is 4.68 Å². The van der Waals surface area contributed by atoms with Crippen LogP contribution in [-0.4, -0.2) is 28.2 Å². The Morgan fingerprint density at radius 3 is 2.43 bits per heavy atom. The van der Waals surface area contributed by atoms with Crippen molar-refractivity contribution in [2.24, 2.45) is 7.05 Å². The molecule has 0 unspecified atom stereocenters. The highest BCUT2D eigenvalue weighted by atomic mass is 19.1. The van der Waals surface area contributed by atoms with Crippen molar-refractivity contribution in [2.45, 2.75) is 6.42 Å². The van der Waals surface area contributed by atoms with Crippen LogP contribution in [0.5, 0.6) is 5.75 Å². The molecule has 0 radical (unpaired) electrons. The molecule has 0 saturated carbocycles. The smallest absolute Gasteiger partial charge is 0.276 e. The second-order valence-corrected chi connectivity index (χ2v) is 5.91. The van der Waals surface area contributed by atoms with Gasteiger partial charge in [0.05, 0.1) is 17.5 Å². The third-order valence-corrected chi connectivity index (χ3v) is 3.90. The number of para-hydroxylation sites is 1. The van der Waals surface area contributed by atoms with Crippen molar-refractivity contribution in [3.63, 3.8) is 0 Å². The van der Waals surface area contributed by atoms with E-state index in [1.54, 1.807) is 30.3 Å². The molecule has 0 bridgehead atoms. The highest BCUT2D eigenvalue weighted by molar-refractivity contribution is 5.89. The van der Waals surface area contributed by atoms with E-state index >= 15 is 0 Å². The number of carbonyl (C=O) groups is 2. The first kappa shape index (κ1) is 19.0. The lowest BCUT2D eigenvalue weighted by atomic mass is 10.1. The van der Waals surface area contributed by atoms with Gasteiger partial charge in [0.1, 0.15) is 0 Å². The quantitative estimate of drug-likeness (QED) is 0.635. The van der Waals surface area contributed by atoms with Crippen molar-refractivity contribution in [3.8, 4) is 5.75 Å². The number of ether oxygens (including phenoxy) is 1. The number of carbonyl (C=O) groups excluding carboxylic acids is 2. The number of halogens is 1. The van der Waals surface area contributed by atoms with Crippen LogP contribution in [0.15, 0.2) is 53.3 Å². The van der Waals surface area contributed by atoms with Gasteiger partial charge in [-0.05, 0) is 18.2 Å². The molecule has 0 aliphatic carbocycles. The number of aryl methyl sites for hydroxylation is 1. The number of amides is 2. The van der Waals surface area contributed by atoms with Crippen molar-refractivity contribution in [1.29, 1.82) is 0 Å². The summed E-state index contributed by atoms with van der Waals surface area (Å²) in [6.45, 7) is -0.470. The van der Waals surface area contributed by atoms with E-state index in [2.05, 4.69) is 16.0 Å². The van der Waals surface area contributed by atoms with Crippen LogP contribution in [0, 0.1) is 5.82 Å². The zero-order valence-corrected chi connectivity index (χ0v) is 14.9. The average Bonchev–Trinajstić information content (AvgIpc) is 2.69. The summed E-state index contributed by atoms with van der Waals surface area (Å²) in [5.41, 5.74) is 4.56. The van der Waals surface area contributed by atoms with Gasteiger partial charge in [0.2, 0.25) is 5.91 Å². The molecule has 2 amide bonds. The zero-order chi connectivity index (χ0) is 20.1. The van der Waals surface area contributed by atoms with Crippen LogP contribution in [0.25, 0.3) is 10.8 Å². The molecule has 1 aromatic heterocycles. The first-order valence-corrected chi connectivity index (χ1v) is 8.35. The molecule has 0 aliphatic rings. The van der Waals surface area contributed by atoms with Gasteiger partial charge in [0.25, 0.3) is 11.5 Å². The number of nitrogens with zero attached hydrogens (tertiary/aromatic N) is 2. The molecular formula is C19H17FN4O4. The fourth-order valence-corrected chi connectivity index (χ4v) is 2.58. The summed E-state index contributed by atoms with van der Waals surface area (Å²) in [6.07, 6.45) is -0.150. The summed E-state index contributed by atoms with van der Waals surface area (Å²) in [6, 6.07) is 12.5. The van der Waals surface area contributed by atoms with E-state index in [1.165, 1.54) is 25.2 Å². The van der Waals surface area contributed by atoms with Gasteiger partial charge < -0.3 is 4.74 Å². The Balaban J connectivity index is 1.58. The molecule has 0 aliphatic heterocycles. The molecule has 0 atom stereocenters. The third-order valence-electron chi connectivity index (χ3n) is 3.90. The molecule has 2 N–H and O–H groups in total. The summed E-state index contributed by atoms with van der Waals surface area (Å²) in [5.74, 6) is -1.85. The van der Waals surface area contributed by atoms with Crippen LogP contribution in [0.1, 0.15) is 5.69 Å². The topological polar surface area (TPSA) is 102 Å². The lowest BCUT2D eigenvalue weighted by Crippen LogP contribution is -2.44. The van der Waals surface area contributed by atoms with Gasteiger partial charge in [-0.3, -0.25) is 25.2 Å². The first-order chi connectivity index (χ1) is 13.5. The first-order valence-electron chi connectivity index (χ1n) is 8.35. The largest absolute Gasteiger partial charge is 0.481 e. The number of hydrazine groups is 1. The van der Waals surface area contributed by atoms with Gasteiger partial charge >= 0.3 is 0 Å². The normalized spacial score (nSPS) is 10.5. The fourth-order valence-electron chi connectivity index (χ4n) is 2.58. The molecule has 8 nitrogen and oxygen atoms in total. The molecule has 0 saturated heterocycles. The van der Waals surface area contributed by atoms with Crippen LogP contribution in [0.3, 0.4) is 0 Å². The predicted molar refractivity (Wildman–Crippen MR) is 98.9 cm³/mol. The summed E-state index contributed by atoms with van der Waals surface area (Å²) in [4.78, 5) is 36.0. The van der Waals surface area contributed by atoms with E-state index < -0.39 is 24.2 Å². The maximum Gasteiger partial charge on any atom is 0.276 e. The van der Waals surface area contributed by atoms with Crippen LogP contribution < -0.4 is 21.1 Å². The van der Waals surface area contributed by atoms with Crippen molar-refractivity contribution in [2.75, 3.05) is 6.61 Å². The highest BCUT2D eigenvalue weighted by Crippen LogP contribution is 2.15. The minimum atomic E-state index is -0.658. The predicted octanol–water partition coefficient (Wildman–Crippen LogP) is 0.842. The Morgan fingerprint density at radius 2 is 1.68 bits per heavy atom. The van der Waals surface area contributed by atoms with Gasteiger partial charge in [-0.25, -0.2) is 9.07 Å². The van der Waals surface area contributed by atoms with E-state index in [1.807, 2.05) is 0 Å². The second-order valence-electron chi connectivity index (χ2n) is 5.91. The van der Waals surface area contributed by atoms with Gasteiger partial charge in [-0.15, -0.1) is 0 Å². The molecule has 3 rings (SSSR count). The molecule has 0 fully saturated rings. The fraction of sp³-hybridized carbons (Fsp3) is 0.158. The van der Waals surface area contributed by atoms with Crippen molar-refractivity contribution in [1.82, 2.24) is 20.6 Å². The van der Waals surface area contributed by atoms with E-state index in [-0.39, 0.29) is 17.7 Å². The summed E-state index contributed by atoms with van der Waals surface area (Å²) >= 11 is 0. The van der Waals surface area contributed by atoms with Gasteiger partial charge in [0.15, 0.2) is 18.2 Å². The Hall–Kier alpha value is -3.75. The summed E-state index contributed by atoms with van der Waals surface area (Å²) in [5, 5.41) is 5.13. The highest BCUT2D eigenvalue weighted by Gasteiger charge is 2.13. The number of benzene rings is 2. The lowest BCUT2D eigenvalue weighted by Gasteiger charge is -2.10. The number of rotatable bonds is 5. The standard InChI is InChI=1S/C19H17FN4O4/c1-24-19(27)13-7-3-2-6-12(13)15(23-24)10-17(25)21-22-18(26)11-28-16-9-5-4-8-14(16)20/h2-9H,10-11H2,1H3,(H,21,25)(H,22,26). The molecule has 1 heterocycles. The van der Waals surface area contributed by atoms with E-state index in [0.29, 0.717) is 16.5 Å². The van der Waals surface area contributed by atoms with Crippen molar-refractivity contribution >= 4 is 22.6 Å². The minimum Gasteiger partial charge on any atom is -0.481 e. The number of nitrogens with one attached hydrogen (secondary N) is 2. The molecule has 28 heavy (non-hydrogen) atoms. The van der Waals surface area contributed by atoms with Gasteiger partial charge in [-0.2, -0.15) is 5.10 Å². The summed E-state index contributed by atoms with van der Waals surface area (Å²) < 4.78 is 19.6. The third kappa shape index (κ3) is 4.32. The molecule has 3 aromatic rings. The Labute approximate surface area is 158 Å². The SMILES string of the molecule is Cn1nc(CC(=O)NNC(=O)COc2ccccc2F)c2ccccc2c1=O. The molecule has 0 spiro atoms. The number of hydrogen-bond donors (Lipinski definition) is 2. The van der Waals surface area contributed by atoms with Crippen molar-refractivity contribution in [3.05, 3.63) is 70.4 Å². The summed E-state index contributed by atoms with van der Waals surface area (Å²) in [7, 11) is 1.50. The minimum absolute atomic E-state index is 0.0650. The monoisotopic (exact) mass is 384 g/mol. The maximum atomic E-state index is 13.4.